The molecule has 11 N–H and O–H groups in total. The van der Waals surface area contributed by atoms with Crippen LogP contribution >= 0.6 is 0 Å². The summed E-state index contributed by atoms with van der Waals surface area (Å²) in [5.41, 5.74) is 20.1. The molecule has 0 saturated carbocycles. The summed E-state index contributed by atoms with van der Waals surface area (Å²) < 4.78 is 0. The standard InChI is InChI=1S/C6H14N2O2.2C3H7NO2/c7-4-2-1-3-5(8)6(9)10;2*1-2(4)3(5)6/h5H,1-4,7-8H2,(H,9,10);2*2H,4H2,1H3,(H,5,6)/t5-;2*2-/m000/s1. The lowest BCUT2D eigenvalue weighted by Crippen LogP contribution is -2.29. The Balaban J connectivity index is -0.000000261. The maximum atomic E-state index is 10.1. The second-order valence-electron chi connectivity index (χ2n) is 4.48. The van der Waals surface area contributed by atoms with Crippen LogP contribution in [-0.2, 0) is 14.4 Å². The number of rotatable bonds is 7. The molecule has 132 valence electrons. The normalized spacial score (nSPS) is 13.4. The van der Waals surface area contributed by atoms with E-state index in [2.05, 4.69) is 0 Å². The average molecular weight is 324 g/mol. The van der Waals surface area contributed by atoms with E-state index < -0.39 is 36.0 Å². The van der Waals surface area contributed by atoms with Crippen molar-refractivity contribution < 1.29 is 29.7 Å². The SMILES string of the molecule is C[C@H](N)C(=O)O.C[C@H](N)C(=O)O.NCCCC[C@H](N)C(=O)O. The van der Waals surface area contributed by atoms with Crippen LogP contribution < -0.4 is 22.9 Å². The molecule has 0 aromatic carbocycles. The number of carboxylic acids is 3. The summed E-state index contributed by atoms with van der Waals surface area (Å²) in [7, 11) is 0. The highest BCUT2D eigenvalue weighted by Crippen LogP contribution is 1.96. The van der Waals surface area contributed by atoms with E-state index >= 15 is 0 Å². The molecule has 22 heavy (non-hydrogen) atoms. The molecule has 0 bridgehead atoms. The zero-order valence-electron chi connectivity index (χ0n) is 12.9. The first-order valence-electron chi connectivity index (χ1n) is 6.62. The van der Waals surface area contributed by atoms with Gasteiger partial charge in [-0.05, 0) is 33.2 Å². The number of nitrogens with two attached hydrogens (primary N) is 4. The van der Waals surface area contributed by atoms with Gasteiger partial charge in [0.1, 0.15) is 18.1 Å². The number of unbranched alkanes of at least 4 members (excludes halogenated alkanes) is 1. The maximum absolute atomic E-state index is 10.1. The van der Waals surface area contributed by atoms with Crippen molar-refractivity contribution in [2.45, 2.75) is 51.2 Å². The molecule has 0 saturated heterocycles. The molecule has 0 spiro atoms. The Morgan fingerprint density at radius 1 is 0.818 bits per heavy atom. The summed E-state index contributed by atoms with van der Waals surface area (Å²) in [5, 5.41) is 24.1. The molecule has 0 radical (unpaired) electrons. The molecule has 0 aliphatic heterocycles. The second kappa shape index (κ2) is 15.6. The Hall–Kier alpha value is -1.75. The van der Waals surface area contributed by atoms with Gasteiger partial charge in [0, 0.05) is 0 Å². The zero-order valence-corrected chi connectivity index (χ0v) is 12.9. The quantitative estimate of drug-likeness (QED) is 0.265. The number of hydrogen-bond donors (Lipinski definition) is 7. The predicted octanol–water partition coefficient (Wildman–Crippen LogP) is -1.64. The van der Waals surface area contributed by atoms with Crippen LogP contribution in [0.3, 0.4) is 0 Å². The second-order valence-corrected chi connectivity index (χ2v) is 4.48. The van der Waals surface area contributed by atoms with Gasteiger partial charge in [0.15, 0.2) is 0 Å². The Kier molecular flexibility index (Phi) is 17.9. The minimum Gasteiger partial charge on any atom is -0.480 e. The molecular weight excluding hydrogens is 296 g/mol. The lowest BCUT2D eigenvalue weighted by atomic mass is 10.1. The smallest absolute Gasteiger partial charge is 0.320 e. The molecule has 0 heterocycles. The van der Waals surface area contributed by atoms with Crippen molar-refractivity contribution in [3.8, 4) is 0 Å². The van der Waals surface area contributed by atoms with E-state index in [1.807, 2.05) is 0 Å². The third-order valence-corrected chi connectivity index (χ3v) is 2.07. The predicted molar refractivity (Wildman–Crippen MR) is 81.1 cm³/mol. The van der Waals surface area contributed by atoms with Gasteiger partial charge in [-0.25, -0.2) is 0 Å². The molecule has 3 atom stereocenters. The molecule has 0 amide bonds. The van der Waals surface area contributed by atoms with E-state index in [4.69, 9.17) is 38.3 Å². The Bertz CT molecular complexity index is 305. The van der Waals surface area contributed by atoms with Gasteiger partial charge in [-0.2, -0.15) is 0 Å². The van der Waals surface area contributed by atoms with E-state index in [1.165, 1.54) is 13.8 Å². The third-order valence-electron chi connectivity index (χ3n) is 2.07. The van der Waals surface area contributed by atoms with Crippen LogP contribution in [0.25, 0.3) is 0 Å². The lowest BCUT2D eigenvalue weighted by Gasteiger charge is -2.03. The molecule has 0 aromatic heterocycles. The molecule has 0 aliphatic carbocycles. The minimum atomic E-state index is -0.963. The van der Waals surface area contributed by atoms with E-state index in [0.717, 1.165) is 12.8 Å². The number of hydrogen-bond acceptors (Lipinski definition) is 7. The lowest BCUT2D eigenvalue weighted by molar-refractivity contribution is -0.139. The summed E-state index contributed by atoms with van der Waals surface area (Å²) in [5.74, 6) is -2.86. The number of carboxylic acid groups (broad SMARTS) is 3. The summed E-state index contributed by atoms with van der Waals surface area (Å²) >= 11 is 0. The maximum Gasteiger partial charge on any atom is 0.320 e. The molecule has 10 nitrogen and oxygen atoms in total. The van der Waals surface area contributed by atoms with Gasteiger partial charge in [-0.3, -0.25) is 14.4 Å². The third kappa shape index (κ3) is 23.4. The van der Waals surface area contributed by atoms with Gasteiger partial charge < -0.3 is 38.3 Å². The van der Waals surface area contributed by atoms with Crippen LogP contribution in [0.15, 0.2) is 0 Å². The molecule has 0 aliphatic rings. The van der Waals surface area contributed by atoms with Crippen LogP contribution in [0, 0.1) is 0 Å². The summed E-state index contributed by atoms with van der Waals surface area (Å²) in [6, 6.07) is -2.18. The van der Waals surface area contributed by atoms with E-state index in [1.54, 1.807) is 0 Å². The average Bonchev–Trinajstić information content (AvgIpc) is 2.39. The fourth-order valence-corrected chi connectivity index (χ4v) is 0.632. The molecule has 0 rings (SSSR count). The van der Waals surface area contributed by atoms with Crippen molar-refractivity contribution >= 4 is 17.9 Å². The van der Waals surface area contributed by atoms with Crippen LogP contribution in [0.2, 0.25) is 0 Å². The number of aliphatic carboxylic acids is 3. The van der Waals surface area contributed by atoms with Crippen LogP contribution in [0.4, 0.5) is 0 Å². The zero-order chi connectivity index (χ0) is 18.3. The molecule has 0 unspecified atom stereocenters. The molecule has 0 aromatic rings. The van der Waals surface area contributed by atoms with E-state index in [-0.39, 0.29) is 0 Å². The van der Waals surface area contributed by atoms with Crippen LogP contribution in [0.1, 0.15) is 33.1 Å². The highest BCUT2D eigenvalue weighted by atomic mass is 16.4. The van der Waals surface area contributed by atoms with E-state index in [0.29, 0.717) is 13.0 Å². The number of carbonyl (C=O) groups is 3. The Labute approximate surface area is 129 Å². The van der Waals surface area contributed by atoms with Gasteiger partial charge >= 0.3 is 17.9 Å². The van der Waals surface area contributed by atoms with Crippen molar-refractivity contribution in [2.75, 3.05) is 6.54 Å². The van der Waals surface area contributed by atoms with Crippen molar-refractivity contribution in [3.05, 3.63) is 0 Å². The largest absolute Gasteiger partial charge is 0.480 e. The van der Waals surface area contributed by atoms with Crippen molar-refractivity contribution in [3.63, 3.8) is 0 Å². The fraction of sp³-hybridized carbons (Fsp3) is 0.750. The highest BCUT2D eigenvalue weighted by Gasteiger charge is 2.09. The highest BCUT2D eigenvalue weighted by molar-refractivity contribution is 5.73. The van der Waals surface area contributed by atoms with E-state index in [9.17, 15) is 14.4 Å². The molecule has 0 fully saturated rings. The first kappa shape index (κ1) is 25.2. The van der Waals surface area contributed by atoms with Gasteiger partial charge in [0.2, 0.25) is 0 Å². The molecule has 10 heteroatoms. The van der Waals surface area contributed by atoms with Gasteiger partial charge in [-0.1, -0.05) is 6.42 Å². The Morgan fingerprint density at radius 2 is 1.14 bits per heavy atom. The van der Waals surface area contributed by atoms with Crippen LogP contribution in [-0.4, -0.2) is 57.9 Å². The first-order chi connectivity index (χ1) is 9.97. The van der Waals surface area contributed by atoms with Gasteiger partial charge in [0.05, 0.1) is 0 Å². The van der Waals surface area contributed by atoms with Gasteiger partial charge in [0.25, 0.3) is 0 Å². The van der Waals surface area contributed by atoms with Crippen molar-refractivity contribution in [1.82, 2.24) is 0 Å². The summed E-state index contributed by atoms with van der Waals surface area (Å²) in [6.45, 7) is 3.44. The minimum absolute atomic E-state index is 0.520. The topological polar surface area (TPSA) is 216 Å². The Morgan fingerprint density at radius 3 is 1.32 bits per heavy atom. The van der Waals surface area contributed by atoms with Crippen molar-refractivity contribution in [1.29, 1.82) is 0 Å². The van der Waals surface area contributed by atoms with Crippen molar-refractivity contribution in [2.24, 2.45) is 22.9 Å². The van der Waals surface area contributed by atoms with Crippen LogP contribution in [0.5, 0.6) is 0 Å². The molecular formula is C12H28N4O6. The monoisotopic (exact) mass is 324 g/mol. The van der Waals surface area contributed by atoms with Gasteiger partial charge in [-0.15, -0.1) is 0 Å². The fourth-order valence-electron chi connectivity index (χ4n) is 0.632. The summed E-state index contributed by atoms with van der Waals surface area (Å²) in [6.07, 6.45) is 2.16. The summed E-state index contributed by atoms with van der Waals surface area (Å²) in [4.78, 5) is 29.3. The first-order valence-corrected chi connectivity index (χ1v) is 6.62.